The molecule has 0 atom stereocenters. The minimum absolute atomic E-state index is 0.569. The molecule has 1 N–H and O–H groups in total. The molecule has 0 saturated heterocycles. The predicted molar refractivity (Wildman–Crippen MR) is 71.7 cm³/mol. The minimum Gasteiger partial charge on any atom is -0.369 e. The molecule has 88 valence electrons. The fourth-order valence-corrected chi connectivity index (χ4v) is 2.53. The molecule has 0 amide bonds. The summed E-state index contributed by atoms with van der Waals surface area (Å²) in [5.41, 5.74) is 1.80. The highest BCUT2D eigenvalue weighted by Crippen LogP contribution is 2.49. The Morgan fingerprint density at radius 1 is 1.50 bits per heavy atom. The Balaban J connectivity index is 1.97. The molecule has 1 aliphatic rings. The summed E-state index contributed by atoms with van der Waals surface area (Å²) in [5.74, 6) is 0.988. The summed E-state index contributed by atoms with van der Waals surface area (Å²) < 4.78 is 1.10. The molecule has 2 nitrogen and oxygen atoms in total. The Morgan fingerprint density at radius 2 is 2.25 bits per heavy atom. The van der Waals surface area contributed by atoms with Gasteiger partial charge in [-0.1, -0.05) is 13.3 Å². The topological polar surface area (TPSA) is 24.9 Å². The smallest absolute Gasteiger partial charge is 0.140 e. The van der Waals surface area contributed by atoms with E-state index in [0.29, 0.717) is 5.41 Å². The van der Waals surface area contributed by atoms with Crippen molar-refractivity contribution < 1.29 is 0 Å². The van der Waals surface area contributed by atoms with E-state index in [9.17, 15) is 0 Å². The second-order valence-electron chi connectivity index (χ2n) is 4.89. The lowest BCUT2D eigenvalue weighted by Gasteiger charge is -2.16. The van der Waals surface area contributed by atoms with Crippen molar-refractivity contribution in [3.05, 3.63) is 22.3 Å². The largest absolute Gasteiger partial charge is 0.369 e. The average molecular weight is 283 g/mol. The van der Waals surface area contributed by atoms with Gasteiger partial charge in [0, 0.05) is 12.7 Å². The maximum absolute atomic E-state index is 4.37. The lowest BCUT2D eigenvalue weighted by molar-refractivity contribution is 0.485. The molecule has 0 aromatic carbocycles. The van der Waals surface area contributed by atoms with Crippen LogP contribution in [0.25, 0.3) is 0 Å². The SMILES string of the molecule is CCCC1(CNc2nccc(C)c2Br)CC1. The van der Waals surface area contributed by atoms with Gasteiger partial charge in [-0.25, -0.2) is 4.98 Å². The second-order valence-corrected chi connectivity index (χ2v) is 5.69. The summed E-state index contributed by atoms with van der Waals surface area (Å²) in [6.45, 7) is 5.42. The molecule has 0 aliphatic heterocycles. The average Bonchev–Trinajstić information content (AvgIpc) is 3.02. The molecule has 0 unspecified atom stereocenters. The highest BCUT2D eigenvalue weighted by atomic mass is 79.9. The lowest BCUT2D eigenvalue weighted by Crippen LogP contribution is -2.16. The fourth-order valence-electron chi connectivity index (χ4n) is 2.16. The van der Waals surface area contributed by atoms with Crippen LogP contribution in [-0.2, 0) is 0 Å². The molecule has 16 heavy (non-hydrogen) atoms. The summed E-state index contributed by atoms with van der Waals surface area (Å²) in [4.78, 5) is 4.37. The van der Waals surface area contributed by atoms with Crippen LogP contribution in [0.3, 0.4) is 0 Å². The molecule has 2 rings (SSSR count). The van der Waals surface area contributed by atoms with Crippen LogP contribution in [0.15, 0.2) is 16.7 Å². The first-order chi connectivity index (χ1) is 7.67. The quantitative estimate of drug-likeness (QED) is 0.878. The van der Waals surface area contributed by atoms with Crippen molar-refractivity contribution in [3.8, 4) is 0 Å². The van der Waals surface area contributed by atoms with Gasteiger partial charge < -0.3 is 5.32 Å². The number of pyridine rings is 1. The van der Waals surface area contributed by atoms with Gasteiger partial charge in [0.1, 0.15) is 5.82 Å². The maximum Gasteiger partial charge on any atom is 0.140 e. The van der Waals surface area contributed by atoms with Crippen molar-refractivity contribution in [3.63, 3.8) is 0 Å². The summed E-state index contributed by atoms with van der Waals surface area (Å²) in [7, 11) is 0. The van der Waals surface area contributed by atoms with Crippen LogP contribution in [-0.4, -0.2) is 11.5 Å². The molecule has 1 saturated carbocycles. The van der Waals surface area contributed by atoms with Gasteiger partial charge in [0.15, 0.2) is 0 Å². The molecule has 1 heterocycles. The number of rotatable bonds is 5. The third-order valence-electron chi connectivity index (χ3n) is 3.45. The zero-order chi connectivity index (χ0) is 11.6. The fraction of sp³-hybridized carbons (Fsp3) is 0.615. The summed E-state index contributed by atoms with van der Waals surface area (Å²) in [6.07, 6.45) is 7.23. The molecule has 0 bridgehead atoms. The molecule has 0 radical (unpaired) electrons. The van der Waals surface area contributed by atoms with E-state index in [1.165, 1.54) is 31.2 Å². The van der Waals surface area contributed by atoms with Gasteiger partial charge in [-0.15, -0.1) is 0 Å². The third kappa shape index (κ3) is 2.57. The Hall–Kier alpha value is -0.570. The zero-order valence-corrected chi connectivity index (χ0v) is 11.6. The van der Waals surface area contributed by atoms with Crippen molar-refractivity contribution in [2.75, 3.05) is 11.9 Å². The molecular formula is C13H19BrN2. The molecule has 1 aromatic heterocycles. The molecule has 1 fully saturated rings. The van der Waals surface area contributed by atoms with E-state index >= 15 is 0 Å². The highest BCUT2D eigenvalue weighted by Gasteiger charge is 2.41. The van der Waals surface area contributed by atoms with Crippen LogP contribution in [0.1, 0.15) is 38.2 Å². The van der Waals surface area contributed by atoms with E-state index in [1.807, 2.05) is 12.3 Å². The normalized spacial score (nSPS) is 17.2. The monoisotopic (exact) mass is 282 g/mol. The summed E-state index contributed by atoms with van der Waals surface area (Å²) >= 11 is 3.58. The summed E-state index contributed by atoms with van der Waals surface area (Å²) in [5, 5.41) is 3.48. The van der Waals surface area contributed by atoms with Crippen LogP contribution in [0, 0.1) is 12.3 Å². The zero-order valence-electron chi connectivity index (χ0n) is 10.0. The molecule has 1 aromatic rings. The molecule has 1 aliphatic carbocycles. The first kappa shape index (κ1) is 11.9. The van der Waals surface area contributed by atoms with Crippen molar-refractivity contribution in [1.82, 2.24) is 4.98 Å². The third-order valence-corrected chi connectivity index (χ3v) is 4.45. The number of aromatic nitrogens is 1. The first-order valence-electron chi connectivity index (χ1n) is 6.02. The van der Waals surface area contributed by atoms with E-state index in [2.05, 4.69) is 40.1 Å². The first-order valence-corrected chi connectivity index (χ1v) is 6.81. The number of aryl methyl sites for hydroxylation is 1. The van der Waals surface area contributed by atoms with Gasteiger partial charge in [-0.05, 0) is 59.2 Å². The molecule has 3 heteroatoms. The number of hydrogen-bond acceptors (Lipinski definition) is 2. The number of hydrogen-bond donors (Lipinski definition) is 1. The van der Waals surface area contributed by atoms with Gasteiger partial charge in [-0.3, -0.25) is 0 Å². The standard InChI is InChI=1S/C13H19BrN2/c1-3-5-13(6-7-13)9-16-12-11(14)10(2)4-8-15-12/h4,8H,3,5-7,9H2,1-2H3,(H,15,16). The van der Waals surface area contributed by atoms with E-state index in [0.717, 1.165) is 16.8 Å². The van der Waals surface area contributed by atoms with E-state index in [-0.39, 0.29) is 0 Å². The molecule has 0 spiro atoms. The van der Waals surface area contributed by atoms with Crippen molar-refractivity contribution in [2.24, 2.45) is 5.41 Å². The van der Waals surface area contributed by atoms with Gasteiger partial charge in [0.05, 0.1) is 4.47 Å². The maximum atomic E-state index is 4.37. The van der Waals surface area contributed by atoms with Gasteiger partial charge in [0.2, 0.25) is 0 Å². The van der Waals surface area contributed by atoms with E-state index < -0.39 is 0 Å². The van der Waals surface area contributed by atoms with Crippen molar-refractivity contribution in [2.45, 2.75) is 39.5 Å². The Bertz CT molecular complexity index is 372. The highest BCUT2D eigenvalue weighted by molar-refractivity contribution is 9.10. The van der Waals surface area contributed by atoms with Gasteiger partial charge in [-0.2, -0.15) is 0 Å². The van der Waals surface area contributed by atoms with Crippen molar-refractivity contribution >= 4 is 21.7 Å². The number of anilines is 1. The Kier molecular flexibility index (Phi) is 3.53. The van der Waals surface area contributed by atoms with Gasteiger partial charge >= 0.3 is 0 Å². The van der Waals surface area contributed by atoms with Crippen LogP contribution >= 0.6 is 15.9 Å². The van der Waals surface area contributed by atoms with E-state index in [4.69, 9.17) is 0 Å². The van der Waals surface area contributed by atoms with Crippen LogP contribution in [0.2, 0.25) is 0 Å². The van der Waals surface area contributed by atoms with Gasteiger partial charge in [0.25, 0.3) is 0 Å². The Labute approximate surface area is 106 Å². The van der Waals surface area contributed by atoms with Crippen LogP contribution in [0.5, 0.6) is 0 Å². The van der Waals surface area contributed by atoms with Crippen LogP contribution < -0.4 is 5.32 Å². The van der Waals surface area contributed by atoms with E-state index in [1.54, 1.807) is 0 Å². The Morgan fingerprint density at radius 3 is 2.88 bits per heavy atom. The number of halogens is 1. The number of nitrogens with zero attached hydrogens (tertiary/aromatic N) is 1. The minimum atomic E-state index is 0.569. The van der Waals surface area contributed by atoms with Crippen LogP contribution in [0.4, 0.5) is 5.82 Å². The number of nitrogens with one attached hydrogen (secondary N) is 1. The summed E-state index contributed by atoms with van der Waals surface area (Å²) in [6, 6.07) is 2.02. The predicted octanol–water partition coefficient (Wildman–Crippen LogP) is 4.14. The lowest BCUT2D eigenvalue weighted by atomic mass is 10.0. The molecular weight excluding hydrogens is 264 g/mol. The second kappa shape index (κ2) is 4.74. The van der Waals surface area contributed by atoms with Crippen molar-refractivity contribution in [1.29, 1.82) is 0 Å².